The molecule has 2 atom stereocenters. The van der Waals surface area contributed by atoms with Crippen molar-refractivity contribution in [2.24, 2.45) is 5.92 Å². The van der Waals surface area contributed by atoms with Gasteiger partial charge in [0.05, 0.1) is 6.42 Å². The summed E-state index contributed by atoms with van der Waals surface area (Å²) in [5, 5.41) is 9.28. The van der Waals surface area contributed by atoms with Crippen molar-refractivity contribution in [2.45, 2.75) is 71.6 Å². The highest BCUT2D eigenvalue weighted by molar-refractivity contribution is 5.69. The third-order valence-corrected chi connectivity index (χ3v) is 4.49. The van der Waals surface area contributed by atoms with Crippen LogP contribution in [0.15, 0.2) is 24.3 Å². The molecule has 0 heterocycles. The molecule has 1 aromatic carbocycles. The second-order valence-corrected chi connectivity index (χ2v) is 7.68. The minimum atomic E-state index is -0.722. The van der Waals surface area contributed by atoms with Crippen molar-refractivity contribution in [3.05, 3.63) is 35.4 Å². The molecular weight excluding hydrogens is 260 g/mol. The average Bonchev–Trinajstić information content (AvgIpc) is 2.36. The zero-order valence-electron chi connectivity index (χ0n) is 14.4. The van der Waals surface area contributed by atoms with Gasteiger partial charge in [-0.3, -0.25) is 4.79 Å². The zero-order chi connectivity index (χ0) is 16.3. The van der Waals surface area contributed by atoms with Gasteiger partial charge in [-0.15, -0.1) is 0 Å². The number of rotatable bonds is 6. The van der Waals surface area contributed by atoms with Crippen LogP contribution < -0.4 is 0 Å². The maximum Gasteiger partial charge on any atom is 0.304 e. The highest BCUT2D eigenvalue weighted by atomic mass is 16.4. The Morgan fingerprint density at radius 2 is 1.57 bits per heavy atom. The van der Waals surface area contributed by atoms with E-state index in [-0.39, 0.29) is 17.3 Å². The second kappa shape index (κ2) is 6.64. The Labute approximate surface area is 129 Å². The molecule has 118 valence electrons. The lowest BCUT2D eigenvalue weighted by Gasteiger charge is -2.32. The topological polar surface area (TPSA) is 37.3 Å². The van der Waals surface area contributed by atoms with E-state index in [2.05, 4.69) is 65.8 Å². The SMILES string of the molecule is CCC(C)CC(C)(CC(=O)O)c1ccc(C(C)(C)C)cc1. The van der Waals surface area contributed by atoms with E-state index in [1.807, 2.05) is 0 Å². The number of benzene rings is 1. The Kier molecular flexibility index (Phi) is 5.61. The van der Waals surface area contributed by atoms with Crippen LogP contribution in [0.3, 0.4) is 0 Å². The molecule has 0 aliphatic rings. The maximum atomic E-state index is 11.3. The van der Waals surface area contributed by atoms with Crippen LogP contribution in [0.2, 0.25) is 0 Å². The van der Waals surface area contributed by atoms with Crippen molar-refractivity contribution < 1.29 is 9.90 Å². The van der Waals surface area contributed by atoms with Gasteiger partial charge in [0.15, 0.2) is 0 Å². The average molecular weight is 290 g/mol. The molecule has 0 saturated carbocycles. The van der Waals surface area contributed by atoms with Crippen molar-refractivity contribution in [2.75, 3.05) is 0 Å². The number of carboxylic acid groups (broad SMARTS) is 1. The molecule has 0 amide bonds. The minimum absolute atomic E-state index is 0.123. The van der Waals surface area contributed by atoms with Crippen LogP contribution in [0.4, 0.5) is 0 Å². The molecule has 2 nitrogen and oxygen atoms in total. The summed E-state index contributed by atoms with van der Waals surface area (Å²) in [6.45, 7) is 13.0. The van der Waals surface area contributed by atoms with Gasteiger partial charge in [0.2, 0.25) is 0 Å². The fraction of sp³-hybridized carbons (Fsp3) is 0.632. The van der Waals surface area contributed by atoms with Crippen LogP contribution in [-0.2, 0) is 15.6 Å². The van der Waals surface area contributed by atoms with E-state index < -0.39 is 5.97 Å². The third-order valence-electron chi connectivity index (χ3n) is 4.49. The fourth-order valence-electron chi connectivity index (χ4n) is 2.91. The van der Waals surface area contributed by atoms with Gasteiger partial charge in [0.1, 0.15) is 0 Å². The van der Waals surface area contributed by atoms with Crippen LogP contribution in [0.1, 0.15) is 71.9 Å². The van der Waals surface area contributed by atoms with E-state index in [9.17, 15) is 9.90 Å². The van der Waals surface area contributed by atoms with Gasteiger partial charge in [-0.05, 0) is 28.9 Å². The van der Waals surface area contributed by atoms with Crippen LogP contribution in [0.5, 0.6) is 0 Å². The Bertz CT molecular complexity index is 467. The quantitative estimate of drug-likeness (QED) is 0.786. The van der Waals surface area contributed by atoms with E-state index in [0.717, 1.165) is 18.4 Å². The van der Waals surface area contributed by atoms with Crippen LogP contribution in [-0.4, -0.2) is 11.1 Å². The number of hydrogen-bond acceptors (Lipinski definition) is 1. The summed E-state index contributed by atoms with van der Waals surface area (Å²) in [4.78, 5) is 11.3. The largest absolute Gasteiger partial charge is 0.481 e. The van der Waals surface area contributed by atoms with E-state index in [1.54, 1.807) is 0 Å². The summed E-state index contributed by atoms with van der Waals surface area (Å²) in [7, 11) is 0. The van der Waals surface area contributed by atoms with E-state index >= 15 is 0 Å². The summed E-state index contributed by atoms with van der Waals surface area (Å²) < 4.78 is 0. The standard InChI is InChI=1S/C19H30O2/c1-7-14(2)12-19(6,13-17(20)21)16-10-8-15(9-11-16)18(3,4)5/h8-11,14H,7,12-13H2,1-6H3,(H,20,21). The third kappa shape index (κ3) is 4.87. The first kappa shape index (κ1) is 17.7. The predicted molar refractivity (Wildman–Crippen MR) is 88.8 cm³/mol. The van der Waals surface area contributed by atoms with Gasteiger partial charge in [-0.1, -0.05) is 72.2 Å². The smallest absolute Gasteiger partial charge is 0.304 e. The van der Waals surface area contributed by atoms with E-state index in [4.69, 9.17) is 0 Å². The first-order chi connectivity index (χ1) is 9.58. The second-order valence-electron chi connectivity index (χ2n) is 7.68. The van der Waals surface area contributed by atoms with Crippen molar-refractivity contribution in [1.82, 2.24) is 0 Å². The first-order valence-electron chi connectivity index (χ1n) is 7.91. The van der Waals surface area contributed by atoms with Gasteiger partial charge in [0, 0.05) is 5.41 Å². The predicted octanol–water partition coefficient (Wildman–Crippen LogP) is 5.15. The van der Waals surface area contributed by atoms with Gasteiger partial charge >= 0.3 is 5.97 Å². The number of carbonyl (C=O) groups is 1. The molecule has 1 N–H and O–H groups in total. The lowest BCUT2D eigenvalue weighted by molar-refractivity contribution is -0.138. The summed E-state index contributed by atoms with van der Waals surface area (Å²) in [5.74, 6) is -0.197. The highest BCUT2D eigenvalue weighted by Crippen LogP contribution is 2.36. The summed E-state index contributed by atoms with van der Waals surface area (Å²) in [6, 6.07) is 8.52. The molecule has 21 heavy (non-hydrogen) atoms. The summed E-state index contributed by atoms with van der Waals surface area (Å²) >= 11 is 0. The molecule has 1 aromatic rings. The molecule has 0 aliphatic heterocycles. The molecule has 0 aromatic heterocycles. The molecule has 0 spiro atoms. The molecule has 0 aliphatic carbocycles. The van der Waals surface area contributed by atoms with Gasteiger partial charge in [-0.2, -0.15) is 0 Å². The van der Waals surface area contributed by atoms with Gasteiger partial charge < -0.3 is 5.11 Å². The number of hydrogen-bond donors (Lipinski definition) is 1. The molecule has 0 bridgehead atoms. The Morgan fingerprint density at radius 1 is 1.10 bits per heavy atom. The highest BCUT2D eigenvalue weighted by Gasteiger charge is 2.31. The van der Waals surface area contributed by atoms with E-state index in [1.165, 1.54) is 5.56 Å². The van der Waals surface area contributed by atoms with Crippen LogP contribution in [0, 0.1) is 5.92 Å². The Balaban J connectivity index is 3.11. The van der Waals surface area contributed by atoms with Gasteiger partial charge in [-0.25, -0.2) is 0 Å². The lowest BCUT2D eigenvalue weighted by atomic mass is 9.72. The van der Waals surface area contributed by atoms with Gasteiger partial charge in [0.25, 0.3) is 0 Å². The number of carboxylic acids is 1. The molecule has 0 radical (unpaired) electrons. The van der Waals surface area contributed by atoms with Crippen LogP contribution in [0.25, 0.3) is 0 Å². The zero-order valence-corrected chi connectivity index (χ0v) is 14.4. The van der Waals surface area contributed by atoms with Crippen molar-refractivity contribution in [3.63, 3.8) is 0 Å². The minimum Gasteiger partial charge on any atom is -0.481 e. The lowest BCUT2D eigenvalue weighted by Crippen LogP contribution is -2.28. The Morgan fingerprint density at radius 3 is 1.95 bits per heavy atom. The Hall–Kier alpha value is -1.31. The fourth-order valence-corrected chi connectivity index (χ4v) is 2.91. The molecular formula is C19H30O2. The maximum absolute atomic E-state index is 11.3. The molecule has 0 fully saturated rings. The molecule has 0 saturated heterocycles. The monoisotopic (exact) mass is 290 g/mol. The summed E-state index contributed by atoms with van der Waals surface area (Å²) in [6.07, 6.45) is 2.17. The molecule has 2 unspecified atom stereocenters. The first-order valence-corrected chi connectivity index (χ1v) is 7.91. The van der Waals surface area contributed by atoms with Crippen molar-refractivity contribution in [3.8, 4) is 0 Å². The van der Waals surface area contributed by atoms with Crippen molar-refractivity contribution >= 4 is 5.97 Å². The van der Waals surface area contributed by atoms with Crippen molar-refractivity contribution in [1.29, 1.82) is 0 Å². The summed E-state index contributed by atoms with van der Waals surface area (Å²) in [5.41, 5.74) is 2.25. The number of aliphatic carboxylic acids is 1. The van der Waals surface area contributed by atoms with E-state index in [0.29, 0.717) is 5.92 Å². The molecule has 2 heteroatoms. The normalized spacial score (nSPS) is 16.3. The molecule has 1 rings (SSSR count). The van der Waals surface area contributed by atoms with Crippen LogP contribution >= 0.6 is 0 Å².